The summed E-state index contributed by atoms with van der Waals surface area (Å²) in [6.07, 6.45) is 0. The zero-order chi connectivity index (χ0) is 39.2. The average molecular weight is 767 g/mol. The number of carbonyl (C=O) groups excluding carboxylic acids is 1. The lowest BCUT2D eigenvalue weighted by molar-refractivity contribution is 0.0589. The van der Waals surface area contributed by atoms with E-state index in [-0.39, 0.29) is 11.3 Å². The predicted octanol–water partition coefficient (Wildman–Crippen LogP) is 2.88. The molecule has 3 aromatic carbocycles. The molecule has 56 heavy (non-hydrogen) atoms. The minimum absolute atomic E-state index is 0.124. The van der Waals surface area contributed by atoms with Crippen molar-refractivity contribution in [2.24, 2.45) is 10.7 Å². The highest BCUT2D eigenvalue weighted by Gasteiger charge is 2.31. The molecule has 3 fully saturated rings. The largest absolute Gasteiger partial charge is 0.501 e. The fraction of sp³-hybridized carbons (Fsp3) is 0.375. The molecule has 5 aliphatic rings. The molecule has 3 saturated heterocycles. The number of hydrogen-bond donors (Lipinski definition) is 2. The molecule has 0 unspecified atom stereocenters. The Morgan fingerprint density at radius 1 is 0.821 bits per heavy atom. The van der Waals surface area contributed by atoms with E-state index in [0.29, 0.717) is 63.4 Å². The number of rotatable bonds is 4. The van der Waals surface area contributed by atoms with E-state index in [0.717, 1.165) is 68.3 Å². The first-order chi connectivity index (χ1) is 27.3. The number of aromatic nitrogens is 2. The summed E-state index contributed by atoms with van der Waals surface area (Å²) in [4.78, 5) is 39.4. The van der Waals surface area contributed by atoms with Crippen LogP contribution in [0.3, 0.4) is 0 Å². The van der Waals surface area contributed by atoms with E-state index in [9.17, 15) is 19.1 Å². The standard InChI is InChI=1S/C17H17N3O5.C12H15N3O.C11H11FN2O/c1-24-17(23)13-14(21)16(22)20-9-10-3-2-4-11(12(10)15(20)18-13)19-5-7-25-8-6-19;13-12-11-9(8-14-12)2-1-3-10(11)15-4-6-16-7-5-15;12-10-2-1-3-11(9(10)8-13)14-4-6-15-7-5-14/h2-4,21H,5-9H2,1H3;1-3H,4-8H2,(H2,13,14);1-3H,4-7H2. The molecular formula is C40H43FN8O7. The molecular weight excluding hydrogens is 723 g/mol. The molecule has 1 aromatic heterocycles. The SMILES string of the molecule is COC(=O)c1nc2n(c(=O)c1O)Cc1cccc(N3CCOCC3)c1-2.N#Cc1c(F)cccc1N1CCOCC1.NC1=NCc2cccc(N3CCOCC3)c21. The number of nitrogens with two attached hydrogens (primary N) is 1. The second-order valence-electron chi connectivity index (χ2n) is 13.4. The van der Waals surface area contributed by atoms with Gasteiger partial charge in [0.1, 0.15) is 29.1 Å². The average Bonchev–Trinajstić information content (AvgIpc) is 3.83. The van der Waals surface area contributed by atoms with Crippen molar-refractivity contribution < 1.29 is 33.2 Å². The van der Waals surface area contributed by atoms with Gasteiger partial charge >= 0.3 is 5.97 Å². The Balaban J connectivity index is 0.000000135. The van der Waals surface area contributed by atoms with Gasteiger partial charge in [-0.15, -0.1) is 0 Å². The number of nitrogens with zero attached hydrogens (tertiary/aromatic N) is 7. The van der Waals surface area contributed by atoms with Crippen LogP contribution in [0.25, 0.3) is 11.4 Å². The first-order valence-corrected chi connectivity index (χ1v) is 18.4. The predicted molar refractivity (Wildman–Crippen MR) is 207 cm³/mol. The second-order valence-corrected chi connectivity index (χ2v) is 13.4. The Bertz CT molecular complexity index is 2220. The van der Waals surface area contributed by atoms with Gasteiger partial charge in [0, 0.05) is 61.8 Å². The van der Waals surface area contributed by atoms with Crippen LogP contribution in [0.4, 0.5) is 21.5 Å². The van der Waals surface area contributed by atoms with Crippen molar-refractivity contribution in [1.29, 1.82) is 5.26 Å². The Hall–Kier alpha value is -6.02. The number of hydrogen-bond acceptors (Lipinski definition) is 14. The molecule has 292 valence electrons. The van der Waals surface area contributed by atoms with Crippen LogP contribution in [0.5, 0.6) is 5.75 Å². The highest BCUT2D eigenvalue weighted by atomic mass is 19.1. The molecule has 4 aromatic rings. The second kappa shape index (κ2) is 17.2. The highest BCUT2D eigenvalue weighted by Crippen LogP contribution is 2.38. The minimum atomic E-state index is -0.838. The fourth-order valence-electron chi connectivity index (χ4n) is 7.36. The summed E-state index contributed by atoms with van der Waals surface area (Å²) in [5, 5.41) is 18.9. The van der Waals surface area contributed by atoms with Gasteiger partial charge in [0.15, 0.2) is 5.69 Å². The van der Waals surface area contributed by atoms with E-state index in [1.54, 1.807) is 12.1 Å². The topological polar surface area (TPSA) is 181 Å². The third-order valence-corrected chi connectivity index (χ3v) is 10.2. The summed E-state index contributed by atoms with van der Waals surface area (Å²) in [6, 6.07) is 18.7. The monoisotopic (exact) mass is 766 g/mol. The van der Waals surface area contributed by atoms with Gasteiger partial charge in [-0.3, -0.25) is 14.4 Å². The Morgan fingerprint density at radius 2 is 1.34 bits per heavy atom. The first kappa shape index (κ1) is 38.3. The number of esters is 1. The molecule has 0 atom stereocenters. The van der Waals surface area contributed by atoms with Crippen LogP contribution in [0.1, 0.15) is 32.7 Å². The summed E-state index contributed by atoms with van der Waals surface area (Å²) >= 11 is 0. The maximum atomic E-state index is 13.3. The van der Waals surface area contributed by atoms with E-state index in [4.69, 9.17) is 25.2 Å². The summed E-state index contributed by atoms with van der Waals surface area (Å²) in [5.41, 5.74) is 12.0. The molecule has 5 aliphatic heterocycles. The van der Waals surface area contributed by atoms with Crippen molar-refractivity contribution >= 4 is 28.9 Å². The molecule has 0 spiro atoms. The lowest BCUT2D eigenvalue weighted by atomic mass is 10.1. The lowest BCUT2D eigenvalue weighted by Gasteiger charge is -2.30. The molecule has 3 N–H and O–H groups in total. The van der Waals surface area contributed by atoms with Gasteiger partial charge in [-0.1, -0.05) is 30.3 Å². The maximum absolute atomic E-state index is 13.3. The van der Waals surface area contributed by atoms with Crippen LogP contribution in [0.2, 0.25) is 0 Å². The smallest absolute Gasteiger partial charge is 0.360 e. The summed E-state index contributed by atoms with van der Waals surface area (Å²) < 4.78 is 35.3. The van der Waals surface area contributed by atoms with Crippen molar-refractivity contribution in [2.45, 2.75) is 13.1 Å². The van der Waals surface area contributed by atoms with Crippen LogP contribution in [-0.2, 0) is 32.0 Å². The molecule has 16 heteroatoms. The van der Waals surface area contributed by atoms with Gasteiger partial charge in [0.2, 0.25) is 5.75 Å². The molecule has 6 heterocycles. The first-order valence-electron chi connectivity index (χ1n) is 18.4. The molecule has 15 nitrogen and oxygen atoms in total. The Kier molecular flexibility index (Phi) is 11.7. The fourth-order valence-corrected chi connectivity index (χ4v) is 7.36. The van der Waals surface area contributed by atoms with Crippen molar-refractivity contribution in [2.75, 3.05) is 101 Å². The van der Waals surface area contributed by atoms with Crippen molar-refractivity contribution in [3.63, 3.8) is 0 Å². The number of ether oxygens (including phenoxy) is 4. The number of aliphatic imine (C=N–C) groups is 1. The van der Waals surface area contributed by atoms with Gasteiger partial charge in [-0.25, -0.2) is 14.2 Å². The number of aromatic hydroxyl groups is 1. The summed E-state index contributed by atoms with van der Waals surface area (Å²) in [5.74, 6) is -0.925. The molecule has 0 radical (unpaired) electrons. The highest BCUT2D eigenvalue weighted by molar-refractivity contribution is 6.05. The van der Waals surface area contributed by atoms with Gasteiger partial charge in [-0.05, 0) is 35.4 Å². The van der Waals surface area contributed by atoms with E-state index < -0.39 is 23.1 Å². The van der Waals surface area contributed by atoms with Crippen LogP contribution in [0.15, 0.2) is 64.4 Å². The van der Waals surface area contributed by atoms with E-state index in [2.05, 4.69) is 42.7 Å². The zero-order valence-corrected chi connectivity index (χ0v) is 31.1. The number of carbonyl (C=O) groups is 1. The number of morpholine rings is 3. The van der Waals surface area contributed by atoms with Crippen LogP contribution < -0.4 is 26.0 Å². The molecule has 0 amide bonds. The lowest BCUT2D eigenvalue weighted by Crippen LogP contribution is -2.37. The Morgan fingerprint density at radius 3 is 1.91 bits per heavy atom. The van der Waals surface area contributed by atoms with Crippen LogP contribution in [-0.4, -0.2) is 112 Å². The maximum Gasteiger partial charge on any atom is 0.360 e. The number of amidine groups is 1. The number of nitriles is 1. The van der Waals surface area contributed by atoms with Gasteiger partial charge in [-0.2, -0.15) is 5.26 Å². The minimum Gasteiger partial charge on any atom is -0.501 e. The number of fused-ring (bicyclic) bond motifs is 4. The van der Waals surface area contributed by atoms with E-state index in [1.807, 2.05) is 29.2 Å². The van der Waals surface area contributed by atoms with Crippen LogP contribution in [0, 0.1) is 17.1 Å². The van der Waals surface area contributed by atoms with Crippen molar-refractivity contribution in [3.05, 3.63) is 98.7 Å². The molecule has 0 saturated carbocycles. The quantitative estimate of drug-likeness (QED) is 0.255. The van der Waals surface area contributed by atoms with Crippen molar-refractivity contribution in [3.8, 4) is 23.2 Å². The number of methoxy groups -OCH3 is 1. The van der Waals surface area contributed by atoms with Gasteiger partial charge in [0.25, 0.3) is 5.56 Å². The molecule has 0 bridgehead atoms. The van der Waals surface area contributed by atoms with Crippen molar-refractivity contribution in [1.82, 2.24) is 9.55 Å². The van der Waals surface area contributed by atoms with E-state index >= 15 is 0 Å². The zero-order valence-electron chi connectivity index (χ0n) is 31.1. The number of halogens is 1. The Labute approximate surface area is 322 Å². The number of anilines is 3. The normalized spacial score (nSPS) is 16.9. The number of benzene rings is 3. The van der Waals surface area contributed by atoms with E-state index in [1.165, 1.54) is 29.0 Å². The molecule has 0 aliphatic carbocycles. The molecule has 9 rings (SSSR count). The summed E-state index contributed by atoms with van der Waals surface area (Å²) in [7, 11) is 1.18. The van der Waals surface area contributed by atoms with Gasteiger partial charge in [0.05, 0.1) is 65.5 Å². The third-order valence-electron chi connectivity index (χ3n) is 10.2. The summed E-state index contributed by atoms with van der Waals surface area (Å²) in [6.45, 7) is 9.89. The third kappa shape index (κ3) is 7.74. The van der Waals surface area contributed by atoms with Gasteiger partial charge < -0.3 is 44.5 Å². The van der Waals surface area contributed by atoms with Crippen LogP contribution >= 0.6 is 0 Å².